The average molecular weight is 490 g/mol. The Kier molecular flexibility index (Phi) is 5.61. The van der Waals surface area contributed by atoms with E-state index in [1.54, 1.807) is 31.0 Å². The van der Waals surface area contributed by atoms with Gasteiger partial charge in [-0.15, -0.1) is 11.3 Å². The molecule has 0 aliphatic rings. The molecule has 0 bridgehead atoms. The molecule has 34 heavy (non-hydrogen) atoms. The molecule has 5 aromatic rings. The summed E-state index contributed by atoms with van der Waals surface area (Å²) < 4.78 is 32.1. The van der Waals surface area contributed by atoms with Crippen molar-refractivity contribution < 1.29 is 8.78 Å². The zero-order valence-corrected chi connectivity index (χ0v) is 22.1. The molecule has 0 spiro atoms. The second-order valence-electron chi connectivity index (χ2n) is 10.5. The lowest BCUT2D eigenvalue weighted by Gasteiger charge is -2.28. The van der Waals surface area contributed by atoms with E-state index in [0.29, 0.717) is 5.92 Å². The van der Waals surface area contributed by atoms with Gasteiger partial charge in [-0.05, 0) is 46.0 Å². The van der Waals surface area contributed by atoms with Crippen molar-refractivity contribution in [3.63, 3.8) is 0 Å². The molecule has 2 heterocycles. The predicted molar refractivity (Wildman–Crippen MR) is 146 cm³/mol. The number of rotatable bonds is 5. The fourth-order valence-electron chi connectivity index (χ4n) is 4.59. The monoisotopic (exact) mass is 489 g/mol. The number of hydrogen-bond donors (Lipinski definition) is 0. The SMILES string of the molecule is CC(C)c1cc(-c2nccc3c2sc2c(CC(F)(F)[Si](C)(C)C)cccc23)cc2ccccc12. The lowest BCUT2D eigenvalue weighted by molar-refractivity contribution is 0.0824. The Balaban J connectivity index is 1.74. The van der Waals surface area contributed by atoms with Gasteiger partial charge in [-0.3, -0.25) is 4.98 Å². The molecule has 0 aliphatic carbocycles. The second kappa shape index (κ2) is 8.24. The molecule has 5 rings (SSSR count). The maximum absolute atomic E-state index is 15.1. The fraction of sp³-hybridized carbons (Fsp3) is 0.276. The molecule has 0 N–H and O–H groups in total. The van der Waals surface area contributed by atoms with Crippen molar-refractivity contribution in [2.24, 2.45) is 0 Å². The summed E-state index contributed by atoms with van der Waals surface area (Å²) in [5.74, 6) is 0.377. The van der Waals surface area contributed by atoms with Crippen LogP contribution in [0.3, 0.4) is 0 Å². The van der Waals surface area contributed by atoms with Crippen LogP contribution >= 0.6 is 11.3 Å². The van der Waals surface area contributed by atoms with Gasteiger partial charge in [0.1, 0.15) is 8.07 Å². The van der Waals surface area contributed by atoms with Crippen LogP contribution in [0.2, 0.25) is 19.6 Å². The van der Waals surface area contributed by atoms with E-state index < -0.39 is 13.6 Å². The minimum Gasteiger partial charge on any atom is -0.255 e. The first-order valence-electron chi connectivity index (χ1n) is 11.8. The van der Waals surface area contributed by atoms with Crippen LogP contribution < -0.4 is 0 Å². The van der Waals surface area contributed by atoms with Gasteiger partial charge in [0.25, 0.3) is 0 Å². The van der Waals surface area contributed by atoms with Gasteiger partial charge < -0.3 is 0 Å². The number of nitrogens with zero attached hydrogens (tertiary/aromatic N) is 1. The van der Waals surface area contributed by atoms with E-state index in [4.69, 9.17) is 4.98 Å². The van der Waals surface area contributed by atoms with Gasteiger partial charge in [-0.1, -0.05) is 76.0 Å². The lowest BCUT2D eigenvalue weighted by Crippen LogP contribution is -2.46. The van der Waals surface area contributed by atoms with Crippen molar-refractivity contribution in [1.82, 2.24) is 4.98 Å². The molecule has 0 fully saturated rings. The molecule has 0 saturated heterocycles. The van der Waals surface area contributed by atoms with Crippen molar-refractivity contribution in [3.05, 3.63) is 78.0 Å². The molecule has 0 atom stereocenters. The summed E-state index contributed by atoms with van der Waals surface area (Å²) in [6.07, 6.45) is 1.64. The fourth-order valence-corrected chi connectivity index (χ4v) is 6.63. The molecule has 5 heteroatoms. The quantitative estimate of drug-likeness (QED) is 0.224. The van der Waals surface area contributed by atoms with Crippen molar-refractivity contribution in [2.75, 3.05) is 0 Å². The summed E-state index contributed by atoms with van der Waals surface area (Å²) in [5.41, 5.74) is 1.37. The highest BCUT2D eigenvalue weighted by molar-refractivity contribution is 7.26. The third-order valence-electron chi connectivity index (χ3n) is 6.79. The number of pyridine rings is 1. The summed E-state index contributed by atoms with van der Waals surface area (Å²) in [5, 5.41) is 4.58. The van der Waals surface area contributed by atoms with E-state index in [-0.39, 0.29) is 6.42 Å². The van der Waals surface area contributed by atoms with Gasteiger partial charge in [0, 0.05) is 33.7 Å². The molecule has 0 saturated carbocycles. The number of thiophene rings is 1. The van der Waals surface area contributed by atoms with Gasteiger partial charge in [-0.2, -0.15) is 0 Å². The third kappa shape index (κ3) is 3.85. The molecule has 174 valence electrons. The van der Waals surface area contributed by atoms with Gasteiger partial charge in [0.15, 0.2) is 0 Å². The van der Waals surface area contributed by atoms with E-state index in [9.17, 15) is 0 Å². The molecular formula is C29H29F2NSSi. The standard InChI is InChI=1S/C29H29F2NSSi/c1-18(2)25-16-21(15-19-9-6-7-11-22(19)25)26-28-24(13-14-32-26)23-12-8-10-20(27(23)33-28)17-29(30,31)34(3,4)5/h6-16,18H,17H2,1-5H3. The summed E-state index contributed by atoms with van der Waals surface area (Å²) in [4.78, 5) is 4.79. The molecule has 1 nitrogen and oxygen atoms in total. The van der Waals surface area contributed by atoms with Crippen LogP contribution in [-0.4, -0.2) is 18.6 Å². The molecule has 3 aromatic carbocycles. The number of halogens is 2. The van der Waals surface area contributed by atoms with E-state index in [1.807, 2.05) is 30.5 Å². The molecule has 0 radical (unpaired) electrons. The number of alkyl halides is 2. The van der Waals surface area contributed by atoms with Crippen LogP contribution in [-0.2, 0) is 6.42 Å². The highest BCUT2D eigenvalue weighted by Gasteiger charge is 2.44. The van der Waals surface area contributed by atoms with Crippen molar-refractivity contribution in [1.29, 1.82) is 0 Å². The minimum atomic E-state index is -2.66. The van der Waals surface area contributed by atoms with Crippen molar-refractivity contribution in [3.8, 4) is 11.3 Å². The third-order valence-corrected chi connectivity index (χ3v) is 10.5. The number of fused-ring (bicyclic) bond motifs is 4. The van der Waals surface area contributed by atoms with Crippen LogP contribution in [0, 0.1) is 0 Å². The van der Waals surface area contributed by atoms with Gasteiger partial charge in [0.05, 0.1) is 10.4 Å². The summed E-state index contributed by atoms with van der Waals surface area (Å²) >= 11 is 1.60. The maximum Gasteiger partial charge on any atom is 0.233 e. The Morgan fingerprint density at radius 1 is 0.882 bits per heavy atom. The van der Waals surface area contributed by atoms with Crippen LogP contribution in [0.1, 0.15) is 30.9 Å². The Morgan fingerprint density at radius 3 is 2.32 bits per heavy atom. The van der Waals surface area contributed by atoms with E-state index in [0.717, 1.165) is 37.0 Å². The second-order valence-corrected chi connectivity index (χ2v) is 16.8. The Labute approximate surface area is 204 Å². The number of benzene rings is 3. The van der Waals surface area contributed by atoms with Crippen molar-refractivity contribution in [2.45, 2.75) is 51.4 Å². The molecular weight excluding hydrogens is 460 g/mol. The lowest BCUT2D eigenvalue weighted by atomic mass is 9.92. The number of hydrogen-bond acceptors (Lipinski definition) is 2. The number of aromatic nitrogens is 1. The summed E-state index contributed by atoms with van der Waals surface area (Å²) in [6.45, 7) is 9.65. The average Bonchev–Trinajstić information content (AvgIpc) is 3.17. The van der Waals surface area contributed by atoms with Crippen molar-refractivity contribution >= 4 is 50.4 Å². The summed E-state index contributed by atoms with van der Waals surface area (Å²) in [7, 11) is -2.64. The minimum absolute atomic E-state index is 0.205. The smallest absolute Gasteiger partial charge is 0.233 e. The van der Waals surface area contributed by atoms with Crippen LogP contribution in [0.15, 0.2) is 66.9 Å². The highest BCUT2D eigenvalue weighted by atomic mass is 32.1. The van der Waals surface area contributed by atoms with E-state index in [1.165, 1.54) is 16.3 Å². The van der Waals surface area contributed by atoms with Gasteiger partial charge >= 0.3 is 0 Å². The zero-order valence-electron chi connectivity index (χ0n) is 20.2. The molecule has 2 aromatic heterocycles. The first-order valence-corrected chi connectivity index (χ1v) is 16.1. The molecule has 0 unspecified atom stereocenters. The normalized spacial score (nSPS) is 12.9. The van der Waals surface area contributed by atoms with E-state index >= 15 is 8.78 Å². The highest BCUT2D eigenvalue weighted by Crippen LogP contribution is 2.43. The topological polar surface area (TPSA) is 12.9 Å². The van der Waals surface area contributed by atoms with E-state index in [2.05, 4.69) is 50.2 Å². The van der Waals surface area contributed by atoms with Crippen LogP contribution in [0.4, 0.5) is 8.78 Å². The largest absolute Gasteiger partial charge is 0.255 e. The first-order chi connectivity index (χ1) is 16.1. The van der Waals surface area contributed by atoms with Crippen LogP contribution in [0.25, 0.3) is 42.2 Å². The maximum atomic E-state index is 15.1. The van der Waals surface area contributed by atoms with Gasteiger partial charge in [0.2, 0.25) is 5.55 Å². The first kappa shape index (κ1) is 23.1. The molecule has 0 aliphatic heterocycles. The Morgan fingerprint density at radius 2 is 1.59 bits per heavy atom. The zero-order chi connectivity index (χ0) is 24.3. The molecule has 0 amide bonds. The Bertz CT molecular complexity index is 1530. The Hall–Kier alpha value is -2.63. The predicted octanol–water partition coefficient (Wildman–Crippen LogP) is 9.45. The summed E-state index contributed by atoms with van der Waals surface area (Å²) in [6, 6.07) is 20.8. The van der Waals surface area contributed by atoms with Crippen LogP contribution in [0.5, 0.6) is 0 Å². The van der Waals surface area contributed by atoms with Gasteiger partial charge in [-0.25, -0.2) is 8.78 Å².